The van der Waals surface area contributed by atoms with E-state index in [1.54, 1.807) is 0 Å². The number of nitrogens with zero attached hydrogens (tertiary/aromatic N) is 1. The van der Waals surface area contributed by atoms with Crippen LogP contribution in [0, 0.1) is 0 Å². The predicted octanol–water partition coefficient (Wildman–Crippen LogP) is 3.68. The second-order valence-corrected chi connectivity index (χ2v) is 9.26. The molecular formula is C23H33N3O2. The lowest BCUT2D eigenvalue weighted by Crippen LogP contribution is -2.49. The molecule has 28 heavy (non-hydrogen) atoms. The van der Waals surface area contributed by atoms with Gasteiger partial charge in [0.05, 0.1) is 0 Å². The van der Waals surface area contributed by atoms with Crippen molar-refractivity contribution < 1.29 is 9.59 Å². The maximum atomic E-state index is 12.6. The van der Waals surface area contributed by atoms with Crippen molar-refractivity contribution in [1.82, 2.24) is 15.5 Å². The van der Waals surface area contributed by atoms with Crippen LogP contribution in [0.15, 0.2) is 24.3 Å². The molecule has 152 valence electrons. The van der Waals surface area contributed by atoms with Crippen LogP contribution < -0.4 is 10.6 Å². The van der Waals surface area contributed by atoms with Crippen molar-refractivity contribution in [1.29, 1.82) is 0 Å². The van der Waals surface area contributed by atoms with Gasteiger partial charge in [0.1, 0.15) is 0 Å². The average molecular weight is 384 g/mol. The Bertz CT molecular complexity index is 733. The monoisotopic (exact) mass is 383 g/mol. The molecule has 4 rings (SSSR count). The summed E-state index contributed by atoms with van der Waals surface area (Å²) in [6, 6.07) is 9.30. The molecule has 1 aromatic carbocycles. The Morgan fingerprint density at radius 1 is 1.18 bits per heavy atom. The number of hydrogen-bond acceptors (Lipinski definition) is 2. The molecule has 0 unspecified atom stereocenters. The number of amides is 3. The third kappa shape index (κ3) is 3.76. The minimum absolute atomic E-state index is 0.0487. The van der Waals surface area contributed by atoms with E-state index in [2.05, 4.69) is 34.9 Å². The number of benzene rings is 1. The molecule has 0 radical (unpaired) electrons. The zero-order valence-electron chi connectivity index (χ0n) is 17.2. The SMILES string of the molecule is CC(C)NC(=O)N1CCC2(CC1)C[C@H](CC(=O)NC1CCC1)c1ccccc12. The molecule has 3 amide bonds. The second kappa shape index (κ2) is 7.76. The van der Waals surface area contributed by atoms with Crippen molar-refractivity contribution in [2.75, 3.05) is 13.1 Å². The molecule has 1 atom stereocenters. The molecule has 5 heteroatoms. The van der Waals surface area contributed by atoms with Crippen LogP contribution in [0.1, 0.15) is 75.8 Å². The number of nitrogens with one attached hydrogen (secondary N) is 2. The topological polar surface area (TPSA) is 61.4 Å². The number of likely N-dealkylation sites (tertiary alicyclic amines) is 1. The molecule has 2 N–H and O–H groups in total. The molecule has 5 nitrogen and oxygen atoms in total. The van der Waals surface area contributed by atoms with Crippen LogP contribution in [-0.4, -0.2) is 42.0 Å². The average Bonchev–Trinajstić information content (AvgIpc) is 2.92. The van der Waals surface area contributed by atoms with Gasteiger partial charge in [0.2, 0.25) is 5.91 Å². The summed E-state index contributed by atoms with van der Waals surface area (Å²) in [5.74, 6) is 0.502. The summed E-state index contributed by atoms with van der Waals surface area (Å²) >= 11 is 0. The lowest BCUT2D eigenvalue weighted by Gasteiger charge is -2.40. The molecule has 0 aromatic heterocycles. The number of rotatable bonds is 4. The van der Waals surface area contributed by atoms with Gasteiger partial charge in [0, 0.05) is 31.6 Å². The fourth-order valence-electron chi connectivity index (χ4n) is 5.22. The van der Waals surface area contributed by atoms with E-state index in [0.29, 0.717) is 18.4 Å². The summed E-state index contributed by atoms with van der Waals surface area (Å²) in [5.41, 5.74) is 2.89. The van der Waals surface area contributed by atoms with Gasteiger partial charge in [-0.3, -0.25) is 4.79 Å². The zero-order chi connectivity index (χ0) is 19.7. The molecule has 2 aliphatic carbocycles. The maximum absolute atomic E-state index is 12.6. The summed E-state index contributed by atoms with van der Waals surface area (Å²) < 4.78 is 0. The van der Waals surface area contributed by atoms with Gasteiger partial charge in [-0.1, -0.05) is 24.3 Å². The van der Waals surface area contributed by atoms with Gasteiger partial charge < -0.3 is 15.5 Å². The lowest BCUT2D eigenvalue weighted by molar-refractivity contribution is -0.122. The van der Waals surface area contributed by atoms with Crippen molar-refractivity contribution in [2.24, 2.45) is 0 Å². The minimum Gasteiger partial charge on any atom is -0.353 e. The molecular weight excluding hydrogens is 350 g/mol. The number of urea groups is 1. The molecule has 1 aliphatic heterocycles. The molecule has 1 saturated heterocycles. The minimum atomic E-state index is 0.0487. The van der Waals surface area contributed by atoms with E-state index in [1.807, 2.05) is 18.7 Å². The fraction of sp³-hybridized carbons (Fsp3) is 0.652. The van der Waals surface area contributed by atoms with Crippen LogP contribution in [0.2, 0.25) is 0 Å². The molecule has 1 spiro atoms. The van der Waals surface area contributed by atoms with Gasteiger partial charge in [-0.2, -0.15) is 0 Å². The quantitative estimate of drug-likeness (QED) is 0.833. The Balaban J connectivity index is 1.44. The van der Waals surface area contributed by atoms with E-state index < -0.39 is 0 Å². The van der Waals surface area contributed by atoms with Gasteiger partial charge in [-0.25, -0.2) is 4.79 Å². The van der Waals surface area contributed by atoms with E-state index in [-0.39, 0.29) is 23.4 Å². The molecule has 1 aromatic rings. The van der Waals surface area contributed by atoms with Crippen LogP contribution in [0.5, 0.6) is 0 Å². The molecule has 3 aliphatic rings. The number of carbonyl (C=O) groups excluding carboxylic acids is 2. The number of hydrogen-bond donors (Lipinski definition) is 2. The summed E-state index contributed by atoms with van der Waals surface area (Å²) in [6.45, 7) is 5.56. The highest BCUT2D eigenvalue weighted by Crippen LogP contribution is 2.52. The van der Waals surface area contributed by atoms with Gasteiger partial charge in [0.25, 0.3) is 0 Å². The van der Waals surface area contributed by atoms with Crippen LogP contribution in [0.3, 0.4) is 0 Å². The fourth-order valence-corrected chi connectivity index (χ4v) is 5.22. The van der Waals surface area contributed by atoms with Crippen LogP contribution in [0.4, 0.5) is 4.79 Å². The first-order chi connectivity index (χ1) is 13.5. The summed E-state index contributed by atoms with van der Waals surface area (Å²) in [7, 11) is 0. The lowest BCUT2D eigenvalue weighted by atomic mass is 9.73. The van der Waals surface area contributed by atoms with Crippen molar-refractivity contribution in [3.8, 4) is 0 Å². The summed E-state index contributed by atoms with van der Waals surface area (Å²) in [6.07, 6.45) is 7.08. The van der Waals surface area contributed by atoms with Crippen LogP contribution >= 0.6 is 0 Å². The normalized spacial score (nSPS) is 23.4. The van der Waals surface area contributed by atoms with E-state index in [0.717, 1.165) is 45.2 Å². The first-order valence-electron chi connectivity index (χ1n) is 10.9. The standard InChI is InChI=1S/C23H33N3O2/c1-16(2)24-22(28)26-12-10-23(11-13-26)15-17(19-8-3-4-9-20(19)23)14-21(27)25-18-6-5-7-18/h3-4,8-9,16-18H,5-7,10-15H2,1-2H3,(H,24,28)(H,25,27)/t17-/m0/s1. The van der Waals surface area contributed by atoms with E-state index >= 15 is 0 Å². The van der Waals surface area contributed by atoms with Crippen LogP contribution in [0.25, 0.3) is 0 Å². The van der Waals surface area contributed by atoms with E-state index in [9.17, 15) is 9.59 Å². The van der Waals surface area contributed by atoms with Gasteiger partial charge in [-0.05, 0) is 74.8 Å². The van der Waals surface area contributed by atoms with Gasteiger partial charge >= 0.3 is 6.03 Å². The Labute approximate surface area is 168 Å². The van der Waals surface area contributed by atoms with Crippen molar-refractivity contribution in [3.05, 3.63) is 35.4 Å². The molecule has 2 fully saturated rings. The Morgan fingerprint density at radius 2 is 1.89 bits per heavy atom. The largest absolute Gasteiger partial charge is 0.353 e. The Kier molecular flexibility index (Phi) is 5.35. The third-order valence-corrected chi connectivity index (χ3v) is 6.93. The molecule has 1 saturated carbocycles. The first kappa shape index (κ1) is 19.3. The van der Waals surface area contributed by atoms with E-state index in [1.165, 1.54) is 17.5 Å². The zero-order valence-corrected chi connectivity index (χ0v) is 17.2. The first-order valence-corrected chi connectivity index (χ1v) is 10.9. The van der Waals surface area contributed by atoms with E-state index in [4.69, 9.17) is 0 Å². The summed E-state index contributed by atoms with van der Waals surface area (Å²) in [4.78, 5) is 26.9. The highest BCUT2D eigenvalue weighted by molar-refractivity contribution is 5.78. The smallest absolute Gasteiger partial charge is 0.317 e. The van der Waals surface area contributed by atoms with Crippen LogP contribution in [-0.2, 0) is 10.2 Å². The summed E-state index contributed by atoms with van der Waals surface area (Å²) in [5, 5.41) is 6.21. The number of carbonyl (C=O) groups is 2. The number of piperidine rings is 1. The Hall–Kier alpha value is -2.04. The highest BCUT2D eigenvalue weighted by atomic mass is 16.2. The molecule has 1 heterocycles. The second-order valence-electron chi connectivity index (χ2n) is 9.26. The van der Waals surface area contributed by atoms with Gasteiger partial charge in [0.15, 0.2) is 0 Å². The van der Waals surface area contributed by atoms with Crippen molar-refractivity contribution in [2.45, 2.75) is 82.2 Å². The predicted molar refractivity (Wildman–Crippen MR) is 110 cm³/mol. The third-order valence-electron chi connectivity index (χ3n) is 6.93. The Morgan fingerprint density at radius 3 is 2.54 bits per heavy atom. The van der Waals surface area contributed by atoms with Crippen molar-refractivity contribution in [3.63, 3.8) is 0 Å². The highest BCUT2D eigenvalue weighted by Gasteiger charge is 2.46. The maximum Gasteiger partial charge on any atom is 0.317 e. The van der Waals surface area contributed by atoms with Crippen molar-refractivity contribution >= 4 is 11.9 Å². The van der Waals surface area contributed by atoms with Gasteiger partial charge in [-0.15, -0.1) is 0 Å². The molecule has 0 bridgehead atoms. The number of fused-ring (bicyclic) bond motifs is 2.